The molecular weight excluding hydrogens is 310 g/mol. The Hall–Kier alpha value is -2.36. The maximum absolute atomic E-state index is 13.2. The molecule has 0 unspecified atom stereocenters. The molecular formula is C21H25N3O. The Labute approximate surface area is 149 Å². The second kappa shape index (κ2) is 6.51. The number of hydrogen-bond acceptors (Lipinski definition) is 3. The van der Waals surface area contributed by atoms with Crippen LogP contribution in [-0.2, 0) is 10.2 Å². The van der Waals surface area contributed by atoms with Gasteiger partial charge in [-0.2, -0.15) is 0 Å². The average molecular weight is 335 g/mol. The van der Waals surface area contributed by atoms with Gasteiger partial charge in [-0.25, -0.2) is 0 Å². The highest BCUT2D eigenvalue weighted by molar-refractivity contribution is 5.91. The number of amides is 1. The van der Waals surface area contributed by atoms with Crippen molar-refractivity contribution in [3.05, 3.63) is 59.9 Å². The summed E-state index contributed by atoms with van der Waals surface area (Å²) in [7, 11) is 0. The van der Waals surface area contributed by atoms with Gasteiger partial charge in [-0.15, -0.1) is 0 Å². The van der Waals surface area contributed by atoms with Crippen molar-refractivity contribution in [2.75, 3.05) is 31.1 Å². The van der Waals surface area contributed by atoms with E-state index in [0.29, 0.717) is 5.91 Å². The number of nitrogens with zero attached hydrogens (tertiary/aromatic N) is 3. The van der Waals surface area contributed by atoms with Crippen LogP contribution in [0.5, 0.6) is 0 Å². The molecule has 130 valence electrons. The SMILES string of the molecule is Cc1cnccc1N1CCCN(C(=O)C2(c3ccccc3)CC2)CC1. The molecule has 1 saturated heterocycles. The molecule has 0 bridgehead atoms. The van der Waals surface area contributed by atoms with Crippen LogP contribution in [0.25, 0.3) is 0 Å². The normalized spacial score (nSPS) is 19.4. The molecule has 1 aromatic heterocycles. The van der Waals surface area contributed by atoms with Crippen molar-refractivity contribution >= 4 is 11.6 Å². The third kappa shape index (κ3) is 3.01. The molecule has 1 aliphatic heterocycles. The Kier molecular flexibility index (Phi) is 4.20. The summed E-state index contributed by atoms with van der Waals surface area (Å²) in [5, 5.41) is 0. The Morgan fingerprint density at radius 1 is 1.04 bits per heavy atom. The Morgan fingerprint density at radius 2 is 1.84 bits per heavy atom. The van der Waals surface area contributed by atoms with Crippen LogP contribution >= 0.6 is 0 Å². The molecule has 25 heavy (non-hydrogen) atoms. The smallest absolute Gasteiger partial charge is 0.233 e. The van der Waals surface area contributed by atoms with E-state index in [4.69, 9.17) is 0 Å². The summed E-state index contributed by atoms with van der Waals surface area (Å²) in [5.41, 5.74) is 3.38. The van der Waals surface area contributed by atoms with Crippen LogP contribution in [0.15, 0.2) is 48.8 Å². The molecule has 1 aromatic carbocycles. The van der Waals surface area contributed by atoms with Crippen LogP contribution in [0.1, 0.15) is 30.4 Å². The lowest BCUT2D eigenvalue weighted by molar-refractivity contribution is -0.133. The van der Waals surface area contributed by atoms with Crippen molar-refractivity contribution in [1.82, 2.24) is 9.88 Å². The van der Waals surface area contributed by atoms with E-state index in [1.54, 1.807) is 0 Å². The lowest BCUT2D eigenvalue weighted by Gasteiger charge is -2.27. The van der Waals surface area contributed by atoms with E-state index in [1.807, 2.05) is 30.6 Å². The zero-order valence-electron chi connectivity index (χ0n) is 14.8. The number of rotatable bonds is 3. The van der Waals surface area contributed by atoms with Gasteiger partial charge < -0.3 is 9.80 Å². The first-order valence-electron chi connectivity index (χ1n) is 9.21. The number of anilines is 1. The summed E-state index contributed by atoms with van der Waals surface area (Å²) < 4.78 is 0. The van der Waals surface area contributed by atoms with E-state index in [2.05, 4.69) is 39.9 Å². The molecule has 0 radical (unpaired) electrons. The Balaban J connectivity index is 1.48. The molecule has 2 heterocycles. The maximum Gasteiger partial charge on any atom is 0.233 e. The molecule has 4 heteroatoms. The first-order chi connectivity index (χ1) is 12.2. The predicted molar refractivity (Wildman–Crippen MR) is 99.7 cm³/mol. The lowest BCUT2D eigenvalue weighted by atomic mass is 9.94. The summed E-state index contributed by atoms with van der Waals surface area (Å²) in [5.74, 6) is 0.326. The van der Waals surface area contributed by atoms with Gasteiger partial charge in [-0.3, -0.25) is 9.78 Å². The van der Waals surface area contributed by atoms with Crippen LogP contribution in [-0.4, -0.2) is 42.0 Å². The van der Waals surface area contributed by atoms with E-state index in [9.17, 15) is 4.79 Å². The number of aryl methyl sites for hydroxylation is 1. The summed E-state index contributed by atoms with van der Waals surface area (Å²) >= 11 is 0. The molecule has 4 nitrogen and oxygen atoms in total. The van der Waals surface area contributed by atoms with E-state index in [0.717, 1.165) is 45.4 Å². The first-order valence-corrected chi connectivity index (χ1v) is 9.21. The Morgan fingerprint density at radius 3 is 2.56 bits per heavy atom. The second-order valence-electron chi connectivity index (χ2n) is 7.24. The summed E-state index contributed by atoms with van der Waals surface area (Å²) in [6.45, 7) is 5.64. The zero-order valence-corrected chi connectivity index (χ0v) is 14.8. The van der Waals surface area contributed by atoms with Crippen LogP contribution in [0.2, 0.25) is 0 Å². The number of carbonyl (C=O) groups is 1. The van der Waals surface area contributed by atoms with Gasteiger partial charge in [0.25, 0.3) is 0 Å². The number of hydrogen-bond donors (Lipinski definition) is 0. The minimum absolute atomic E-state index is 0.247. The second-order valence-corrected chi connectivity index (χ2v) is 7.24. The molecule has 1 amide bonds. The molecule has 0 N–H and O–H groups in total. The molecule has 2 aliphatic rings. The number of benzene rings is 1. The number of carbonyl (C=O) groups excluding carboxylic acids is 1. The van der Waals surface area contributed by atoms with Gasteiger partial charge in [0.1, 0.15) is 0 Å². The van der Waals surface area contributed by atoms with Gasteiger partial charge in [0.05, 0.1) is 5.41 Å². The Bertz CT molecular complexity index is 755. The van der Waals surface area contributed by atoms with Crippen molar-refractivity contribution < 1.29 is 4.79 Å². The molecule has 4 rings (SSSR count). The lowest BCUT2D eigenvalue weighted by Crippen LogP contribution is -2.41. The molecule has 0 spiro atoms. The highest BCUT2D eigenvalue weighted by Crippen LogP contribution is 2.49. The van der Waals surface area contributed by atoms with Crippen LogP contribution < -0.4 is 4.90 Å². The van der Waals surface area contributed by atoms with Crippen LogP contribution in [0, 0.1) is 6.92 Å². The van der Waals surface area contributed by atoms with Crippen LogP contribution in [0.4, 0.5) is 5.69 Å². The van der Waals surface area contributed by atoms with Crippen LogP contribution in [0.3, 0.4) is 0 Å². The molecule has 2 fully saturated rings. The summed E-state index contributed by atoms with van der Waals surface area (Å²) in [6.07, 6.45) is 6.75. The first kappa shape index (κ1) is 16.1. The van der Waals surface area contributed by atoms with Gasteiger partial charge in [0.15, 0.2) is 0 Å². The van der Waals surface area contributed by atoms with Gasteiger partial charge in [0, 0.05) is 44.3 Å². The van der Waals surface area contributed by atoms with E-state index in [1.165, 1.54) is 16.8 Å². The van der Waals surface area contributed by atoms with Gasteiger partial charge in [-0.1, -0.05) is 30.3 Å². The fourth-order valence-electron chi connectivity index (χ4n) is 3.99. The van der Waals surface area contributed by atoms with Gasteiger partial charge in [0.2, 0.25) is 5.91 Å². The maximum atomic E-state index is 13.2. The van der Waals surface area contributed by atoms with E-state index >= 15 is 0 Å². The summed E-state index contributed by atoms with van der Waals surface area (Å²) in [6, 6.07) is 12.4. The fraction of sp³-hybridized carbons (Fsp3) is 0.429. The monoisotopic (exact) mass is 335 g/mol. The van der Waals surface area contributed by atoms with Crippen molar-refractivity contribution in [3.8, 4) is 0 Å². The molecule has 1 aliphatic carbocycles. The van der Waals surface area contributed by atoms with Crippen molar-refractivity contribution in [1.29, 1.82) is 0 Å². The molecule has 1 saturated carbocycles. The fourth-order valence-corrected chi connectivity index (χ4v) is 3.99. The minimum atomic E-state index is -0.247. The minimum Gasteiger partial charge on any atom is -0.369 e. The van der Waals surface area contributed by atoms with E-state index < -0.39 is 0 Å². The van der Waals surface area contributed by atoms with Crippen molar-refractivity contribution in [3.63, 3.8) is 0 Å². The average Bonchev–Trinajstić information content (AvgIpc) is 3.47. The third-order valence-electron chi connectivity index (χ3n) is 5.60. The standard InChI is InChI=1S/C21H25N3O/c1-17-16-22-11-8-19(17)23-12-5-13-24(15-14-23)20(25)21(9-10-21)18-6-3-2-4-7-18/h2-4,6-8,11,16H,5,9-10,12-15H2,1H3. The quantitative estimate of drug-likeness (QED) is 0.864. The zero-order chi connectivity index (χ0) is 17.3. The molecule has 2 aromatic rings. The third-order valence-corrected chi connectivity index (χ3v) is 5.60. The van der Waals surface area contributed by atoms with Crippen molar-refractivity contribution in [2.24, 2.45) is 0 Å². The van der Waals surface area contributed by atoms with Crippen molar-refractivity contribution in [2.45, 2.75) is 31.6 Å². The number of pyridine rings is 1. The van der Waals surface area contributed by atoms with E-state index in [-0.39, 0.29) is 5.41 Å². The van der Waals surface area contributed by atoms with Gasteiger partial charge in [-0.05, 0) is 43.4 Å². The highest BCUT2D eigenvalue weighted by atomic mass is 16.2. The van der Waals surface area contributed by atoms with Gasteiger partial charge >= 0.3 is 0 Å². The highest BCUT2D eigenvalue weighted by Gasteiger charge is 2.52. The number of aromatic nitrogens is 1. The summed E-state index contributed by atoms with van der Waals surface area (Å²) in [4.78, 5) is 21.9. The topological polar surface area (TPSA) is 36.4 Å². The predicted octanol–water partition coefficient (Wildman–Crippen LogP) is 3.16. The largest absolute Gasteiger partial charge is 0.369 e. The molecule has 0 atom stereocenters.